The molecule has 0 spiro atoms. The second-order valence-corrected chi connectivity index (χ2v) is 6.64. The Kier molecular flexibility index (Phi) is 10.1. The number of aromatic nitrogens is 2. The second-order valence-electron chi connectivity index (χ2n) is 4.74. The van der Waals surface area contributed by atoms with E-state index in [0.717, 1.165) is 22.9 Å². The van der Waals surface area contributed by atoms with E-state index in [9.17, 15) is 4.79 Å². The molecule has 0 aliphatic heterocycles. The lowest BCUT2D eigenvalue weighted by atomic mass is 10.2. The van der Waals surface area contributed by atoms with Gasteiger partial charge in [0.1, 0.15) is 0 Å². The van der Waals surface area contributed by atoms with Crippen LogP contribution in [0.15, 0.2) is 41.7 Å². The molecule has 1 amide bonds. The smallest absolute Gasteiger partial charge is 0.257 e. The minimum absolute atomic E-state index is 0. The first kappa shape index (κ1) is 21.0. The van der Waals surface area contributed by atoms with Crippen molar-refractivity contribution in [2.75, 3.05) is 18.6 Å². The first-order valence-corrected chi connectivity index (χ1v) is 9.60. The molecule has 2 N–H and O–H groups in total. The Bertz CT molecular complexity index is 661. The minimum atomic E-state index is -0.126. The molecule has 1 heterocycles. The Morgan fingerprint density at radius 1 is 1.33 bits per heavy atom. The van der Waals surface area contributed by atoms with Crippen LogP contribution in [0.1, 0.15) is 21.7 Å². The van der Waals surface area contributed by atoms with Crippen LogP contribution in [0.25, 0.3) is 0 Å². The number of amides is 1. The summed E-state index contributed by atoms with van der Waals surface area (Å²) in [5.41, 5.74) is 2.83. The molecule has 1 aromatic heterocycles. The molecule has 0 aliphatic carbocycles. The summed E-state index contributed by atoms with van der Waals surface area (Å²) in [5, 5.41) is 3.49. The van der Waals surface area contributed by atoms with Crippen molar-refractivity contribution in [2.45, 2.75) is 12.7 Å². The third-order valence-electron chi connectivity index (χ3n) is 3.11. The third kappa shape index (κ3) is 6.86. The molecule has 8 heteroatoms. The number of aryl methyl sites for hydroxylation is 1. The van der Waals surface area contributed by atoms with Crippen LogP contribution < -0.4 is 5.32 Å². The van der Waals surface area contributed by atoms with Crippen molar-refractivity contribution in [1.29, 1.82) is 0 Å². The van der Waals surface area contributed by atoms with Gasteiger partial charge in [-0.3, -0.25) is 9.79 Å². The maximum Gasteiger partial charge on any atom is 0.257 e. The van der Waals surface area contributed by atoms with E-state index < -0.39 is 0 Å². The Hall–Kier alpha value is -1.000. The number of H-pyrrole nitrogens is 1. The largest absolute Gasteiger partial charge is 0.348 e. The fraction of sp³-hybridized carbons (Fsp3) is 0.312. The van der Waals surface area contributed by atoms with E-state index in [1.807, 2.05) is 31.4 Å². The summed E-state index contributed by atoms with van der Waals surface area (Å²) in [4.78, 5) is 23.9. The van der Waals surface area contributed by atoms with Crippen LogP contribution in [0.4, 0.5) is 0 Å². The standard InChI is InChI=1S/C16H20N4OS2.HI/c1-12-14(19-11-18-12)10-23-9-8-17-16(22-2)20-15(21)13-6-4-3-5-7-13;/h3-7,11H,8-10H2,1-2H3,(H,18,19)(H,17,20,21);1H. The summed E-state index contributed by atoms with van der Waals surface area (Å²) in [6.07, 6.45) is 3.62. The Balaban J connectivity index is 0.00000288. The van der Waals surface area contributed by atoms with Gasteiger partial charge in [0.05, 0.1) is 18.6 Å². The summed E-state index contributed by atoms with van der Waals surface area (Å²) >= 11 is 3.22. The third-order valence-corrected chi connectivity index (χ3v) is 4.68. The monoisotopic (exact) mass is 476 g/mol. The minimum Gasteiger partial charge on any atom is -0.348 e. The van der Waals surface area contributed by atoms with E-state index >= 15 is 0 Å². The maximum absolute atomic E-state index is 12.1. The molecule has 0 radical (unpaired) electrons. The fourth-order valence-corrected chi connectivity index (χ4v) is 3.09. The highest BCUT2D eigenvalue weighted by Crippen LogP contribution is 2.12. The van der Waals surface area contributed by atoms with E-state index in [1.165, 1.54) is 11.8 Å². The second kappa shape index (κ2) is 11.5. The summed E-state index contributed by atoms with van der Waals surface area (Å²) in [6.45, 7) is 2.69. The van der Waals surface area contributed by atoms with Gasteiger partial charge in [-0.25, -0.2) is 4.98 Å². The normalized spacial score (nSPS) is 11.0. The number of carbonyl (C=O) groups is 1. The zero-order valence-electron chi connectivity index (χ0n) is 13.6. The van der Waals surface area contributed by atoms with Gasteiger partial charge in [-0.2, -0.15) is 11.8 Å². The molecule has 24 heavy (non-hydrogen) atoms. The predicted molar refractivity (Wildman–Crippen MR) is 115 cm³/mol. The number of nitrogens with one attached hydrogen (secondary N) is 2. The molecule has 0 fully saturated rings. The Morgan fingerprint density at radius 3 is 2.71 bits per heavy atom. The molecule has 130 valence electrons. The average Bonchev–Trinajstić information content (AvgIpc) is 2.99. The van der Waals surface area contributed by atoms with Crippen molar-refractivity contribution in [3.05, 3.63) is 53.6 Å². The van der Waals surface area contributed by atoms with Crippen molar-refractivity contribution in [3.8, 4) is 0 Å². The molecule has 2 aromatic rings. The van der Waals surface area contributed by atoms with Crippen LogP contribution in [-0.4, -0.2) is 39.6 Å². The fourth-order valence-electron chi connectivity index (χ4n) is 1.83. The quantitative estimate of drug-likeness (QED) is 0.289. The zero-order valence-corrected chi connectivity index (χ0v) is 17.6. The van der Waals surface area contributed by atoms with Gasteiger partial charge in [0, 0.05) is 22.8 Å². The van der Waals surface area contributed by atoms with E-state index in [2.05, 4.69) is 20.3 Å². The highest BCUT2D eigenvalue weighted by molar-refractivity contribution is 14.0. The number of aliphatic imine (C=N–C) groups is 1. The SMILES string of the molecule is CS/C(=N\CCSCc1nc[nH]c1C)NC(=O)c1ccccc1.I. The van der Waals surface area contributed by atoms with Crippen LogP contribution in [0.5, 0.6) is 0 Å². The molecule has 2 rings (SSSR count). The van der Waals surface area contributed by atoms with Gasteiger partial charge in [0.15, 0.2) is 5.17 Å². The molecule has 0 atom stereocenters. The number of aromatic amines is 1. The molecular weight excluding hydrogens is 455 g/mol. The van der Waals surface area contributed by atoms with E-state index in [-0.39, 0.29) is 29.9 Å². The number of carbonyl (C=O) groups excluding carboxylic acids is 1. The lowest BCUT2D eigenvalue weighted by Gasteiger charge is -2.06. The van der Waals surface area contributed by atoms with Crippen LogP contribution in [0.3, 0.4) is 0 Å². The van der Waals surface area contributed by atoms with Crippen LogP contribution in [0.2, 0.25) is 0 Å². The van der Waals surface area contributed by atoms with Gasteiger partial charge in [-0.15, -0.1) is 24.0 Å². The molecule has 1 aromatic carbocycles. The van der Waals surface area contributed by atoms with Crippen molar-refractivity contribution in [2.24, 2.45) is 4.99 Å². The Labute approximate surface area is 167 Å². The van der Waals surface area contributed by atoms with Crippen molar-refractivity contribution >= 4 is 58.6 Å². The number of hydrogen-bond donors (Lipinski definition) is 2. The topological polar surface area (TPSA) is 70.1 Å². The Morgan fingerprint density at radius 2 is 2.08 bits per heavy atom. The molecule has 0 saturated heterocycles. The summed E-state index contributed by atoms with van der Waals surface area (Å²) in [7, 11) is 0. The van der Waals surface area contributed by atoms with Crippen LogP contribution >= 0.6 is 47.5 Å². The molecule has 0 saturated carbocycles. The van der Waals surface area contributed by atoms with Gasteiger partial charge in [-0.05, 0) is 25.3 Å². The molecule has 5 nitrogen and oxygen atoms in total. The van der Waals surface area contributed by atoms with Gasteiger partial charge >= 0.3 is 0 Å². The average molecular weight is 476 g/mol. The molecule has 0 bridgehead atoms. The highest BCUT2D eigenvalue weighted by atomic mass is 127. The predicted octanol–water partition coefficient (Wildman–Crippen LogP) is 3.72. The number of imidazole rings is 1. The van der Waals surface area contributed by atoms with Crippen molar-refractivity contribution < 1.29 is 4.79 Å². The number of thioether (sulfide) groups is 2. The van der Waals surface area contributed by atoms with Crippen LogP contribution in [-0.2, 0) is 5.75 Å². The van der Waals surface area contributed by atoms with Gasteiger partial charge < -0.3 is 10.3 Å². The summed E-state index contributed by atoms with van der Waals surface area (Å²) in [6, 6.07) is 9.15. The molecular formula is C16H21IN4OS2. The van der Waals surface area contributed by atoms with Gasteiger partial charge in [0.2, 0.25) is 0 Å². The lowest BCUT2D eigenvalue weighted by molar-refractivity contribution is 0.0978. The van der Waals surface area contributed by atoms with Gasteiger partial charge in [0.25, 0.3) is 5.91 Å². The zero-order chi connectivity index (χ0) is 16.5. The first-order valence-electron chi connectivity index (χ1n) is 7.22. The lowest BCUT2D eigenvalue weighted by Crippen LogP contribution is -2.28. The van der Waals surface area contributed by atoms with E-state index in [1.54, 1.807) is 30.2 Å². The van der Waals surface area contributed by atoms with Gasteiger partial charge in [-0.1, -0.05) is 30.0 Å². The number of halogens is 1. The summed E-state index contributed by atoms with van der Waals surface area (Å²) < 4.78 is 0. The number of benzene rings is 1. The number of hydrogen-bond acceptors (Lipinski definition) is 5. The number of amidine groups is 1. The van der Waals surface area contributed by atoms with E-state index in [0.29, 0.717) is 17.3 Å². The van der Waals surface area contributed by atoms with E-state index in [4.69, 9.17) is 0 Å². The highest BCUT2D eigenvalue weighted by Gasteiger charge is 2.07. The summed E-state index contributed by atoms with van der Waals surface area (Å²) in [5.74, 6) is 1.63. The molecule has 0 unspecified atom stereocenters. The van der Waals surface area contributed by atoms with Crippen LogP contribution in [0, 0.1) is 6.92 Å². The number of nitrogens with zero attached hydrogens (tertiary/aromatic N) is 2. The van der Waals surface area contributed by atoms with Crippen molar-refractivity contribution in [3.63, 3.8) is 0 Å². The van der Waals surface area contributed by atoms with Crippen molar-refractivity contribution in [1.82, 2.24) is 15.3 Å². The number of rotatable bonds is 6. The maximum atomic E-state index is 12.1. The molecule has 0 aliphatic rings. The first-order chi connectivity index (χ1) is 11.2.